The first-order valence-electron chi connectivity index (χ1n) is 4.24. The first-order chi connectivity index (χ1) is 6.65. The number of aryl methyl sites for hydroxylation is 2. The van der Waals surface area contributed by atoms with E-state index in [0.717, 1.165) is 16.8 Å². The van der Waals surface area contributed by atoms with Gasteiger partial charge in [0, 0.05) is 12.4 Å². The zero-order valence-electron chi connectivity index (χ0n) is 8.29. The van der Waals surface area contributed by atoms with Crippen LogP contribution in [0.2, 0.25) is 0 Å². The first kappa shape index (κ1) is 10.7. The number of hydrogen-bond donors (Lipinski definition) is 2. The third-order valence-electron chi connectivity index (χ3n) is 1.90. The van der Waals surface area contributed by atoms with Crippen molar-refractivity contribution in [2.24, 2.45) is 5.10 Å². The van der Waals surface area contributed by atoms with Crippen molar-refractivity contribution in [2.75, 3.05) is 5.32 Å². The van der Waals surface area contributed by atoms with Crippen LogP contribution < -0.4 is 10.7 Å². The monoisotopic (exact) mass is 207 g/mol. The first-order valence-corrected chi connectivity index (χ1v) is 4.65. The van der Waals surface area contributed by atoms with E-state index >= 15 is 0 Å². The zero-order valence-corrected chi connectivity index (χ0v) is 9.11. The number of para-hydroxylation sites is 1. The minimum Gasteiger partial charge on any atom is -0.331 e. The van der Waals surface area contributed by atoms with E-state index in [9.17, 15) is 0 Å². The van der Waals surface area contributed by atoms with Crippen LogP contribution in [-0.2, 0) is 0 Å². The lowest BCUT2D eigenvalue weighted by atomic mass is 10.1. The summed E-state index contributed by atoms with van der Waals surface area (Å²) in [4.78, 5) is 0. The molecule has 14 heavy (non-hydrogen) atoms. The molecule has 0 radical (unpaired) electrons. The summed E-state index contributed by atoms with van der Waals surface area (Å²) < 4.78 is 0. The average molecular weight is 207 g/mol. The molecule has 74 valence electrons. The fraction of sp³-hybridized carbons (Fsp3) is 0.200. The van der Waals surface area contributed by atoms with Crippen molar-refractivity contribution in [2.45, 2.75) is 13.8 Å². The van der Waals surface area contributed by atoms with Gasteiger partial charge in [0.05, 0.1) is 0 Å². The second-order valence-electron chi connectivity index (χ2n) is 2.99. The predicted octanol–water partition coefficient (Wildman–Crippen LogP) is 2.21. The third kappa shape index (κ3) is 2.53. The summed E-state index contributed by atoms with van der Waals surface area (Å²) in [6.45, 7) is 7.35. The van der Waals surface area contributed by atoms with Crippen molar-refractivity contribution < 1.29 is 0 Å². The summed E-state index contributed by atoms with van der Waals surface area (Å²) in [5.74, 6) is 0. The Bertz CT molecular complexity index is 340. The molecule has 0 spiro atoms. The summed E-state index contributed by atoms with van der Waals surface area (Å²) >= 11 is 5.00. The largest absolute Gasteiger partial charge is 0.331 e. The normalized spacial score (nSPS) is 9.29. The van der Waals surface area contributed by atoms with Crippen LogP contribution in [0.4, 0.5) is 5.69 Å². The highest BCUT2D eigenvalue weighted by molar-refractivity contribution is 7.80. The number of benzene rings is 1. The van der Waals surface area contributed by atoms with E-state index in [1.54, 1.807) is 0 Å². The molecule has 0 aromatic heterocycles. The van der Waals surface area contributed by atoms with Gasteiger partial charge in [0.15, 0.2) is 5.11 Å². The van der Waals surface area contributed by atoms with Crippen LogP contribution in [0.1, 0.15) is 11.1 Å². The van der Waals surface area contributed by atoms with Gasteiger partial charge in [0.1, 0.15) is 0 Å². The van der Waals surface area contributed by atoms with E-state index in [4.69, 9.17) is 12.2 Å². The highest BCUT2D eigenvalue weighted by Gasteiger charge is 2.02. The van der Waals surface area contributed by atoms with E-state index in [1.165, 1.54) is 0 Å². The van der Waals surface area contributed by atoms with E-state index in [0.29, 0.717) is 5.11 Å². The molecule has 0 atom stereocenters. The minimum atomic E-state index is 0.456. The standard InChI is InChI=1S/C10H13N3S/c1-7-5-4-6-8(2)9(7)12-10(14)13-11-3/h4-6H,3H2,1-2H3,(H2,12,13,14). The molecule has 1 aromatic rings. The van der Waals surface area contributed by atoms with Crippen molar-refractivity contribution in [3.63, 3.8) is 0 Å². The number of nitrogens with zero attached hydrogens (tertiary/aromatic N) is 1. The smallest absolute Gasteiger partial charge is 0.191 e. The van der Waals surface area contributed by atoms with Crippen molar-refractivity contribution in [1.29, 1.82) is 0 Å². The molecule has 0 aliphatic carbocycles. The number of hydrazone groups is 1. The molecule has 4 heteroatoms. The fourth-order valence-electron chi connectivity index (χ4n) is 1.22. The topological polar surface area (TPSA) is 36.4 Å². The average Bonchev–Trinajstić information content (AvgIpc) is 2.12. The highest BCUT2D eigenvalue weighted by atomic mass is 32.1. The van der Waals surface area contributed by atoms with Crippen LogP contribution in [0.25, 0.3) is 0 Å². The van der Waals surface area contributed by atoms with Gasteiger partial charge in [0.2, 0.25) is 0 Å². The lowest BCUT2D eigenvalue weighted by molar-refractivity contribution is 1.06. The van der Waals surface area contributed by atoms with Gasteiger partial charge in [0.25, 0.3) is 0 Å². The van der Waals surface area contributed by atoms with Crippen LogP contribution in [0.5, 0.6) is 0 Å². The lowest BCUT2D eigenvalue weighted by Crippen LogP contribution is -2.24. The van der Waals surface area contributed by atoms with E-state index in [2.05, 4.69) is 22.6 Å². The third-order valence-corrected chi connectivity index (χ3v) is 2.09. The van der Waals surface area contributed by atoms with Crippen LogP contribution >= 0.6 is 12.2 Å². The zero-order chi connectivity index (χ0) is 10.6. The number of thiocarbonyl (C=S) groups is 1. The van der Waals surface area contributed by atoms with E-state index in [-0.39, 0.29) is 0 Å². The van der Waals surface area contributed by atoms with Gasteiger partial charge in [-0.15, -0.1) is 0 Å². The Morgan fingerprint density at radius 1 is 1.36 bits per heavy atom. The van der Waals surface area contributed by atoms with E-state index in [1.807, 2.05) is 32.0 Å². The van der Waals surface area contributed by atoms with Crippen molar-refractivity contribution >= 4 is 29.7 Å². The Labute approximate surface area is 89.2 Å². The Morgan fingerprint density at radius 2 is 1.93 bits per heavy atom. The fourth-order valence-corrected chi connectivity index (χ4v) is 1.39. The minimum absolute atomic E-state index is 0.456. The van der Waals surface area contributed by atoms with Gasteiger partial charge in [-0.05, 0) is 37.2 Å². The van der Waals surface area contributed by atoms with Crippen molar-refractivity contribution in [3.8, 4) is 0 Å². The van der Waals surface area contributed by atoms with Gasteiger partial charge in [-0.3, -0.25) is 5.43 Å². The Morgan fingerprint density at radius 3 is 2.43 bits per heavy atom. The summed E-state index contributed by atoms with van der Waals surface area (Å²) in [5.41, 5.74) is 5.91. The number of nitrogens with one attached hydrogen (secondary N) is 2. The molecule has 1 aromatic carbocycles. The van der Waals surface area contributed by atoms with Gasteiger partial charge >= 0.3 is 0 Å². The molecular formula is C10H13N3S. The van der Waals surface area contributed by atoms with Gasteiger partial charge in [-0.25, -0.2) is 0 Å². The van der Waals surface area contributed by atoms with Gasteiger partial charge in [-0.2, -0.15) is 5.10 Å². The molecule has 3 nitrogen and oxygen atoms in total. The van der Waals surface area contributed by atoms with Crippen LogP contribution in [0.3, 0.4) is 0 Å². The maximum absolute atomic E-state index is 5.00. The molecular weight excluding hydrogens is 194 g/mol. The Balaban J connectivity index is 2.85. The quantitative estimate of drug-likeness (QED) is 0.443. The second-order valence-corrected chi connectivity index (χ2v) is 3.40. The van der Waals surface area contributed by atoms with E-state index < -0.39 is 0 Å². The highest BCUT2D eigenvalue weighted by Crippen LogP contribution is 2.18. The van der Waals surface area contributed by atoms with Crippen LogP contribution in [0.15, 0.2) is 23.3 Å². The maximum Gasteiger partial charge on any atom is 0.191 e. The second kappa shape index (κ2) is 4.72. The van der Waals surface area contributed by atoms with Crippen molar-refractivity contribution in [3.05, 3.63) is 29.3 Å². The number of rotatable bonds is 2. The van der Waals surface area contributed by atoms with Crippen molar-refractivity contribution in [1.82, 2.24) is 5.43 Å². The molecule has 0 aliphatic heterocycles. The molecule has 0 bridgehead atoms. The summed E-state index contributed by atoms with van der Waals surface area (Å²) in [6, 6.07) is 6.07. The summed E-state index contributed by atoms with van der Waals surface area (Å²) in [5, 5.41) is 7.01. The molecule has 0 saturated heterocycles. The van der Waals surface area contributed by atoms with Gasteiger partial charge < -0.3 is 5.32 Å². The SMILES string of the molecule is C=NNC(=S)Nc1c(C)cccc1C. The molecule has 0 unspecified atom stereocenters. The lowest BCUT2D eigenvalue weighted by Gasteiger charge is -2.12. The molecule has 1 rings (SSSR count). The number of hydrogen-bond acceptors (Lipinski definition) is 2. The Kier molecular flexibility index (Phi) is 3.59. The molecule has 0 aliphatic rings. The molecule has 0 heterocycles. The van der Waals surface area contributed by atoms with Crippen LogP contribution in [0, 0.1) is 13.8 Å². The van der Waals surface area contributed by atoms with Gasteiger partial charge in [-0.1, -0.05) is 18.2 Å². The molecule has 2 N–H and O–H groups in total. The maximum atomic E-state index is 5.00. The molecule has 0 saturated carbocycles. The Hall–Kier alpha value is -1.42. The molecule has 0 fully saturated rings. The number of anilines is 1. The molecule has 0 amide bonds. The van der Waals surface area contributed by atoms with Crippen LogP contribution in [-0.4, -0.2) is 11.8 Å². The summed E-state index contributed by atoms with van der Waals surface area (Å²) in [6.07, 6.45) is 0. The summed E-state index contributed by atoms with van der Waals surface area (Å²) in [7, 11) is 0. The predicted molar refractivity (Wildman–Crippen MR) is 64.8 cm³/mol.